The van der Waals surface area contributed by atoms with Gasteiger partial charge in [0.05, 0.1) is 0 Å². The van der Waals surface area contributed by atoms with E-state index in [9.17, 15) is 14.4 Å². The molecule has 0 aliphatic rings. The van der Waals surface area contributed by atoms with Gasteiger partial charge in [0.15, 0.2) is 6.10 Å². The molecule has 0 bridgehead atoms. The Bertz CT molecular complexity index is 1480. The maximum Gasteiger partial charge on any atom is 0.306 e. The summed E-state index contributed by atoms with van der Waals surface area (Å²) in [6.45, 7) is 6.50. The van der Waals surface area contributed by atoms with Gasteiger partial charge in [-0.05, 0) is 89.9 Å². The first kappa shape index (κ1) is 74.6. The fourth-order valence-electron chi connectivity index (χ4n) is 9.63. The second-order valence-electron chi connectivity index (χ2n) is 22.4. The Morgan fingerprint density at radius 1 is 0.269 bits per heavy atom. The summed E-state index contributed by atoms with van der Waals surface area (Å²) in [6, 6.07) is 0. The molecule has 1 unspecified atom stereocenters. The van der Waals surface area contributed by atoms with E-state index in [0.717, 1.165) is 89.9 Å². The summed E-state index contributed by atoms with van der Waals surface area (Å²) >= 11 is 0. The molecule has 0 fully saturated rings. The third-order valence-corrected chi connectivity index (χ3v) is 14.6. The summed E-state index contributed by atoms with van der Waals surface area (Å²) in [5.74, 6) is -0.948. The summed E-state index contributed by atoms with van der Waals surface area (Å²) in [5.41, 5.74) is 0. The van der Waals surface area contributed by atoms with Crippen LogP contribution in [-0.4, -0.2) is 37.2 Å². The molecule has 0 amide bonds. The van der Waals surface area contributed by atoms with Gasteiger partial charge in [-0.2, -0.15) is 0 Å². The highest BCUT2D eigenvalue weighted by Gasteiger charge is 2.19. The van der Waals surface area contributed by atoms with E-state index in [0.29, 0.717) is 19.3 Å². The smallest absolute Gasteiger partial charge is 0.306 e. The number of hydrogen-bond donors (Lipinski definition) is 0. The lowest BCUT2D eigenvalue weighted by Crippen LogP contribution is -2.30. The van der Waals surface area contributed by atoms with Gasteiger partial charge in [-0.1, -0.05) is 311 Å². The van der Waals surface area contributed by atoms with Crippen LogP contribution in [-0.2, 0) is 28.6 Å². The van der Waals surface area contributed by atoms with Crippen LogP contribution in [0.2, 0.25) is 0 Å². The number of hydrogen-bond acceptors (Lipinski definition) is 6. The van der Waals surface area contributed by atoms with Crippen molar-refractivity contribution in [1.29, 1.82) is 0 Å². The summed E-state index contributed by atoms with van der Waals surface area (Å²) in [4.78, 5) is 38.4. The van der Waals surface area contributed by atoms with Gasteiger partial charge in [0.2, 0.25) is 0 Å². The first-order valence-corrected chi connectivity index (χ1v) is 33.6. The summed E-state index contributed by atoms with van der Waals surface area (Å²) < 4.78 is 16.9. The predicted octanol–water partition coefficient (Wildman–Crippen LogP) is 23.1. The van der Waals surface area contributed by atoms with Gasteiger partial charge in [-0.15, -0.1) is 0 Å². The number of carbonyl (C=O) groups excluding carboxylic acids is 3. The monoisotopic (exact) mass is 1090 g/mol. The van der Waals surface area contributed by atoms with E-state index < -0.39 is 6.10 Å². The van der Waals surface area contributed by atoms with Crippen LogP contribution in [0, 0.1) is 0 Å². The van der Waals surface area contributed by atoms with Crippen molar-refractivity contribution in [2.24, 2.45) is 0 Å². The largest absolute Gasteiger partial charge is 0.462 e. The van der Waals surface area contributed by atoms with Crippen LogP contribution in [0.15, 0.2) is 85.1 Å². The van der Waals surface area contributed by atoms with E-state index in [-0.39, 0.29) is 37.5 Å². The fourth-order valence-corrected chi connectivity index (χ4v) is 9.63. The third kappa shape index (κ3) is 63.4. The molecule has 0 aromatic carbocycles. The van der Waals surface area contributed by atoms with Gasteiger partial charge in [-0.3, -0.25) is 14.4 Å². The van der Waals surface area contributed by atoms with Crippen molar-refractivity contribution in [2.75, 3.05) is 13.2 Å². The fraction of sp³-hybridized carbons (Fsp3) is 0.764. The number of esters is 3. The second kappa shape index (κ2) is 66.1. The van der Waals surface area contributed by atoms with Crippen LogP contribution in [0.1, 0.15) is 335 Å². The van der Waals surface area contributed by atoms with Gasteiger partial charge in [0.1, 0.15) is 13.2 Å². The van der Waals surface area contributed by atoms with Gasteiger partial charge < -0.3 is 14.2 Å². The van der Waals surface area contributed by atoms with Crippen molar-refractivity contribution < 1.29 is 28.6 Å². The topological polar surface area (TPSA) is 78.9 Å². The molecule has 0 heterocycles. The molecule has 0 N–H and O–H groups in total. The SMILES string of the molecule is CC/C=C\C/C=C\C/C=C\C/C=C\C/C=C\CCCC(=O)OCC(COC(=O)CCCCCCCCCCCCCCCCCCCCCCCCCCC)OC(=O)CCCCCCCCC/C=C\C/C=C\CCCCCC. The molecule has 0 aliphatic heterocycles. The molecule has 6 nitrogen and oxygen atoms in total. The number of rotatable bonds is 61. The van der Waals surface area contributed by atoms with Crippen molar-refractivity contribution in [2.45, 2.75) is 341 Å². The van der Waals surface area contributed by atoms with E-state index in [1.807, 2.05) is 0 Å². The number of carbonyl (C=O) groups is 3. The molecule has 0 spiro atoms. The Hall–Kier alpha value is -3.41. The second-order valence-corrected chi connectivity index (χ2v) is 22.4. The molecular formula is C72H126O6. The van der Waals surface area contributed by atoms with E-state index in [1.54, 1.807) is 0 Å². The Morgan fingerprint density at radius 2 is 0.513 bits per heavy atom. The quantitative estimate of drug-likeness (QED) is 0.0261. The van der Waals surface area contributed by atoms with Crippen LogP contribution in [0.3, 0.4) is 0 Å². The highest BCUT2D eigenvalue weighted by Crippen LogP contribution is 2.17. The molecular weight excluding hydrogens is 961 g/mol. The minimum atomic E-state index is -0.805. The minimum Gasteiger partial charge on any atom is -0.462 e. The van der Waals surface area contributed by atoms with Gasteiger partial charge in [0, 0.05) is 19.3 Å². The van der Waals surface area contributed by atoms with Crippen LogP contribution in [0.25, 0.3) is 0 Å². The minimum absolute atomic E-state index is 0.0949. The van der Waals surface area contributed by atoms with Crippen molar-refractivity contribution in [3.05, 3.63) is 85.1 Å². The Kier molecular flexibility index (Phi) is 63.2. The maximum absolute atomic E-state index is 12.9. The Morgan fingerprint density at radius 3 is 0.846 bits per heavy atom. The first-order valence-electron chi connectivity index (χ1n) is 33.6. The van der Waals surface area contributed by atoms with Crippen molar-refractivity contribution in [3.8, 4) is 0 Å². The number of allylic oxidation sites excluding steroid dienone is 14. The van der Waals surface area contributed by atoms with E-state index in [2.05, 4.69) is 106 Å². The third-order valence-electron chi connectivity index (χ3n) is 14.6. The molecule has 0 saturated carbocycles. The van der Waals surface area contributed by atoms with Crippen molar-refractivity contribution in [1.82, 2.24) is 0 Å². The molecule has 450 valence electrons. The van der Waals surface area contributed by atoms with Crippen LogP contribution in [0.5, 0.6) is 0 Å². The Balaban J connectivity index is 4.37. The van der Waals surface area contributed by atoms with Gasteiger partial charge >= 0.3 is 17.9 Å². The first-order chi connectivity index (χ1) is 38.5. The van der Waals surface area contributed by atoms with E-state index in [4.69, 9.17) is 14.2 Å². The average molecular weight is 1090 g/mol. The molecule has 0 aromatic rings. The molecule has 0 rings (SSSR count). The average Bonchev–Trinajstić information content (AvgIpc) is 3.44. The lowest BCUT2D eigenvalue weighted by molar-refractivity contribution is -0.167. The molecule has 1 atom stereocenters. The lowest BCUT2D eigenvalue weighted by atomic mass is 10.0. The summed E-state index contributed by atoms with van der Waals surface area (Å²) in [6.07, 6.45) is 87.5. The normalized spacial score (nSPS) is 12.6. The Labute approximate surface area is 484 Å². The van der Waals surface area contributed by atoms with Crippen LogP contribution < -0.4 is 0 Å². The molecule has 0 aromatic heterocycles. The van der Waals surface area contributed by atoms with E-state index >= 15 is 0 Å². The van der Waals surface area contributed by atoms with Crippen LogP contribution in [0.4, 0.5) is 0 Å². The molecule has 0 aliphatic carbocycles. The predicted molar refractivity (Wildman–Crippen MR) is 339 cm³/mol. The van der Waals surface area contributed by atoms with Gasteiger partial charge in [-0.25, -0.2) is 0 Å². The molecule has 6 heteroatoms. The number of ether oxygens (including phenoxy) is 3. The molecule has 78 heavy (non-hydrogen) atoms. The molecule has 0 saturated heterocycles. The van der Waals surface area contributed by atoms with Gasteiger partial charge in [0.25, 0.3) is 0 Å². The zero-order valence-electron chi connectivity index (χ0n) is 51.7. The highest BCUT2D eigenvalue weighted by atomic mass is 16.6. The molecule has 0 radical (unpaired) electrons. The maximum atomic E-state index is 12.9. The highest BCUT2D eigenvalue weighted by molar-refractivity contribution is 5.71. The summed E-state index contributed by atoms with van der Waals surface area (Å²) in [5, 5.41) is 0. The van der Waals surface area contributed by atoms with Crippen molar-refractivity contribution in [3.63, 3.8) is 0 Å². The lowest BCUT2D eigenvalue weighted by Gasteiger charge is -2.18. The zero-order valence-corrected chi connectivity index (χ0v) is 51.7. The van der Waals surface area contributed by atoms with Crippen molar-refractivity contribution >= 4 is 17.9 Å². The summed E-state index contributed by atoms with van der Waals surface area (Å²) in [7, 11) is 0. The standard InChI is InChI=1S/C72H126O6/c1-4-7-10-13-16-19-22-25-28-31-33-34-35-36-37-38-39-42-44-47-50-53-56-59-62-65-71(74)77-68-69(67-76-70(73)64-61-58-55-52-49-46-43-40-30-27-24-21-18-15-12-9-6-3)78-72(75)66-63-60-57-54-51-48-45-41-32-29-26-23-20-17-14-11-8-5-2/h9,12,18,20-21,23,27,29-30,32,43,46,52,55,69H,4-8,10-11,13-17,19,22,24-26,28,31,33-42,44-45,47-51,53-54,56-68H2,1-3H3/b12-9-,21-18-,23-20-,30-27-,32-29-,46-43-,55-52-. The number of unbranched alkanes of at least 4 members (excludes halogenated alkanes) is 36. The van der Waals surface area contributed by atoms with Crippen LogP contribution >= 0.6 is 0 Å². The zero-order chi connectivity index (χ0) is 56.4. The van der Waals surface area contributed by atoms with E-state index in [1.165, 1.54) is 199 Å².